The number of rotatable bonds is 3. The lowest BCUT2D eigenvalue weighted by atomic mass is 10.2. The first-order valence-electron chi connectivity index (χ1n) is 5.49. The van der Waals surface area contributed by atoms with Gasteiger partial charge in [-0.05, 0) is 37.4 Å². The van der Waals surface area contributed by atoms with Gasteiger partial charge in [-0.2, -0.15) is 0 Å². The molecule has 0 aliphatic heterocycles. The van der Waals surface area contributed by atoms with Crippen LogP contribution in [0.25, 0.3) is 5.65 Å². The van der Waals surface area contributed by atoms with E-state index in [0.717, 1.165) is 23.8 Å². The van der Waals surface area contributed by atoms with Crippen LogP contribution in [0.4, 0.5) is 0 Å². The molecule has 78 valence electrons. The summed E-state index contributed by atoms with van der Waals surface area (Å²) in [6.45, 7) is 0.834. The second kappa shape index (κ2) is 3.35. The molecule has 0 atom stereocenters. The summed E-state index contributed by atoms with van der Waals surface area (Å²) in [4.78, 5) is 4.52. The van der Waals surface area contributed by atoms with Crippen LogP contribution in [0.2, 0.25) is 0 Å². The van der Waals surface area contributed by atoms with Crippen LogP contribution < -0.4 is 5.32 Å². The van der Waals surface area contributed by atoms with E-state index in [4.69, 9.17) is 0 Å². The Balaban J connectivity index is 2.02. The third kappa shape index (κ3) is 1.63. The van der Waals surface area contributed by atoms with E-state index >= 15 is 0 Å². The van der Waals surface area contributed by atoms with E-state index in [1.54, 1.807) is 0 Å². The molecule has 3 heteroatoms. The van der Waals surface area contributed by atoms with Crippen molar-refractivity contribution >= 4 is 5.65 Å². The Bertz CT molecular complexity index is 483. The van der Waals surface area contributed by atoms with Crippen LogP contribution in [0, 0.1) is 0 Å². The van der Waals surface area contributed by atoms with Crippen molar-refractivity contribution in [3.8, 4) is 0 Å². The van der Waals surface area contributed by atoms with Crippen molar-refractivity contribution in [2.24, 2.45) is 0 Å². The fourth-order valence-electron chi connectivity index (χ4n) is 1.99. The molecule has 0 bridgehead atoms. The van der Waals surface area contributed by atoms with Gasteiger partial charge in [0, 0.05) is 18.9 Å². The lowest BCUT2D eigenvalue weighted by Gasteiger charge is -1.98. The van der Waals surface area contributed by atoms with Gasteiger partial charge in [0.15, 0.2) is 0 Å². The molecule has 0 amide bonds. The van der Waals surface area contributed by atoms with Crippen LogP contribution >= 0.6 is 0 Å². The van der Waals surface area contributed by atoms with Gasteiger partial charge in [0.05, 0.1) is 5.69 Å². The number of fused-ring (bicyclic) bond motifs is 1. The average molecular weight is 201 g/mol. The van der Waals surface area contributed by atoms with E-state index in [2.05, 4.69) is 39.2 Å². The number of nitrogens with zero attached hydrogens (tertiary/aromatic N) is 2. The van der Waals surface area contributed by atoms with Gasteiger partial charge in [-0.3, -0.25) is 0 Å². The van der Waals surface area contributed by atoms with Crippen molar-refractivity contribution in [2.45, 2.75) is 25.3 Å². The summed E-state index contributed by atoms with van der Waals surface area (Å²) >= 11 is 0. The molecule has 0 unspecified atom stereocenters. The predicted molar refractivity (Wildman–Crippen MR) is 59.9 cm³/mol. The van der Waals surface area contributed by atoms with Gasteiger partial charge in [0.25, 0.3) is 0 Å². The molecular formula is C12H15N3. The second-order valence-electron chi connectivity index (χ2n) is 4.26. The van der Waals surface area contributed by atoms with Crippen molar-refractivity contribution in [2.75, 3.05) is 7.05 Å². The van der Waals surface area contributed by atoms with Crippen LogP contribution in [0.3, 0.4) is 0 Å². The van der Waals surface area contributed by atoms with Crippen LogP contribution in [-0.4, -0.2) is 16.4 Å². The number of imidazole rings is 1. The fraction of sp³-hybridized carbons (Fsp3) is 0.417. The number of hydrogen-bond acceptors (Lipinski definition) is 2. The Kier molecular flexibility index (Phi) is 1.99. The zero-order valence-electron chi connectivity index (χ0n) is 8.90. The minimum absolute atomic E-state index is 0.810. The maximum absolute atomic E-state index is 4.52. The molecule has 2 aromatic heterocycles. The molecule has 3 rings (SSSR count). The van der Waals surface area contributed by atoms with Crippen molar-refractivity contribution in [1.29, 1.82) is 0 Å². The number of aromatic nitrogens is 2. The summed E-state index contributed by atoms with van der Waals surface area (Å²) in [7, 11) is 1.94. The fourth-order valence-corrected chi connectivity index (χ4v) is 1.99. The van der Waals surface area contributed by atoms with E-state index in [1.807, 2.05) is 7.05 Å². The normalized spacial score (nSPS) is 16.1. The molecule has 15 heavy (non-hydrogen) atoms. The maximum Gasteiger partial charge on any atom is 0.137 e. The second-order valence-corrected chi connectivity index (χ2v) is 4.26. The molecular weight excluding hydrogens is 186 g/mol. The van der Waals surface area contributed by atoms with Crippen molar-refractivity contribution < 1.29 is 0 Å². The summed E-state index contributed by atoms with van der Waals surface area (Å²) in [6, 6.07) is 4.33. The first kappa shape index (κ1) is 8.92. The van der Waals surface area contributed by atoms with Crippen LogP contribution in [0.1, 0.15) is 30.0 Å². The SMILES string of the molecule is CNCc1cn2cc(C3CC3)ccc2n1. The van der Waals surface area contributed by atoms with Gasteiger partial charge in [-0.25, -0.2) is 4.98 Å². The summed E-state index contributed by atoms with van der Waals surface area (Å²) in [5.41, 5.74) is 3.60. The Morgan fingerprint density at radius 3 is 3.00 bits per heavy atom. The Morgan fingerprint density at radius 2 is 2.27 bits per heavy atom. The minimum atomic E-state index is 0.810. The van der Waals surface area contributed by atoms with E-state index in [1.165, 1.54) is 18.4 Å². The van der Waals surface area contributed by atoms with E-state index in [0.29, 0.717) is 0 Å². The molecule has 1 fully saturated rings. The summed E-state index contributed by atoms with van der Waals surface area (Å²) in [5, 5.41) is 3.12. The molecule has 0 spiro atoms. The third-order valence-electron chi connectivity index (χ3n) is 2.93. The van der Waals surface area contributed by atoms with Crippen molar-refractivity contribution in [3.63, 3.8) is 0 Å². The summed E-state index contributed by atoms with van der Waals surface area (Å²) < 4.78 is 2.14. The molecule has 2 heterocycles. The van der Waals surface area contributed by atoms with E-state index in [-0.39, 0.29) is 0 Å². The third-order valence-corrected chi connectivity index (χ3v) is 2.93. The highest BCUT2D eigenvalue weighted by Gasteiger charge is 2.23. The number of pyridine rings is 1. The monoisotopic (exact) mass is 201 g/mol. The molecule has 1 aliphatic rings. The molecule has 0 aromatic carbocycles. The lowest BCUT2D eigenvalue weighted by Crippen LogP contribution is -2.04. The largest absolute Gasteiger partial charge is 0.314 e. The predicted octanol–water partition coefficient (Wildman–Crippen LogP) is 1.93. The molecule has 1 N–H and O–H groups in total. The molecule has 0 saturated heterocycles. The zero-order chi connectivity index (χ0) is 10.3. The Morgan fingerprint density at radius 1 is 1.40 bits per heavy atom. The topological polar surface area (TPSA) is 29.3 Å². The van der Waals surface area contributed by atoms with E-state index < -0.39 is 0 Å². The molecule has 2 aromatic rings. The quantitative estimate of drug-likeness (QED) is 0.822. The lowest BCUT2D eigenvalue weighted by molar-refractivity contribution is 0.798. The number of hydrogen-bond donors (Lipinski definition) is 1. The minimum Gasteiger partial charge on any atom is -0.314 e. The molecule has 3 nitrogen and oxygen atoms in total. The highest BCUT2D eigenvalue weighted by Crippen LogP contribution is 2.39. The van der Waals surface area contributed by atoms with Gasteiger partial charge >= 0.3 is 0 Å². The summed E-state index contributed by atoms with van der Waals surface area (Å²) in [5.74, 6) is 0.810. The molecule has 0 radical (unpaired) electrons. The van der Waals surface area contributed by atoms with Crippen LogP contribution in [0.5, 0.6) is 0 Å². The first-order chi connectivity index (χ1) is 7.36. The highest BCUT2D eigenvalue weighted by molar-refractivity contribution is 5.42. The molecule has 1 saturated carbocycles. The van der Waals surface area contributed by atoms with Gasteiger partial charge in [-0.15, -0.1) is 0 Å². The van der Waals surface area contributed by atoms with Crippen molar-refractivity contribution in [1.82, 2.24) is 14.7 Å². The highest BCUT2D eigenvalue weighted by atomic mass is 15.0. The average Bonchev–Trinajstić information content (AvgIpc) is 2.99. The smallest absolute Gasteiger partial charge is 0.137 e. The van der Waals surface area contributed by atoms with Gasteiger partial charge < -0.3 is 9.72 Å². The Labute approximate surface area is 89.1 Å². The first-order valence-corrected chi connectivity index (χ1v) is 5.49. The summed E-state index contributed by atoms with van der Waals surface area (Å²) in [6.07, 6.45) is 7.03. The number of nitrogens with one attached hydrogen (secondary N) is 1. The van der Waals surface area contributed by atoms with Gasteiger partial charge in [0.2, 0.25) is 0 Å². The zero-order valence-corrected chi connectivity index (χ0v) is 8.90. The van der Waals surface area contributed by atoms with Crippen LogP contribution in [0.15, 0.2) is 24.5 Å². The van der Waals surface area contributed by atoms with Crippen LogP contribution in [-0.2, 0) is 6.54 Å². The molecule has 1 aliphatic carbocycles. The Hall–Kier alpha value is -1.35. The van der Waals surface area contributed by atoms with Gasteiger partial charge in [-0.1, -0.05) is 6.07 Å². The van der Waals surface area contributed by atoms with Gasteiger partial charge in [0.1, 0.15) is 5.65 Å². The maximum atomic E-state index is 4.52. The van der Waals surface area contributed by atoms with E-state index in [9.17, 15) is 0 Å². The standard InChI is InChI=1S/C12H15N3/c1-13-6-11-8-15-7-10(9-2-3-9)4-5-12(15)14-11/h4-5,7-9,13H,2-3,6H2,1H3. The van der Waals surface area contributed by atoms with Crippen molar-refractivity contribution in [3.05, 3.63) is 35.8 Å².